The highest BCUT2D eigenvalue weighted by atomic mass is 16.5. The Labute approximate surface area is 146 Å². The number of nitrogens with one attached hydrogen (secondary N) is 1. The van der Waals surface area contributed by atoms with E-state index in [0.29, 0.717) is 11.4 Å². The van der Waals surface area contributed by atoms with Crippen molar-refractivity contribution >= 4 is 22.6 Å². The molecule has 1 aromatic heterocycles. The fourth-order valence-electron chi connectivity index (χ4n) is 2.58. The third-order valence-electron chi connectivity index (χ3n) is 3.80. The molecule has 3 aromatic rings. The molecule has 0 bridgehead atoms. The Morgan fingerprint density at radius 1 is 1.16 bits per heavy atom. The molecular formula is C19H21N3O3. The van der Waals surface area contributed by atoms with Gasteiger partial charge in [0.25, 0.3) is 5.91 Å². The number of rotatable bonds is 7. The van der Waals surface area contributed by atoms with E-state index in [0.717, 1.165) is 29.7 Å². The number of fused-ring (bicyclic) bond motifs is 1. The van der Waals surface area contributed by atoms with Crippen LogP contribution in [0.2, 0.25) is 0 Å². The summed E-state index contributed by atoms with van der Waals surface area (Å²) in [5, 5.41) is 2.83. The first kappa shape index (κ1) is 16.8. The van der Waals surface area contributed by atoms with Crippen LogP contribution in [0.3, 0.4) is 0 Å². The molecule has 0 spiro atoms. The number of hydrogen-bond acceptors (Lipinski definition) is 4. The van der Waals surface area contributed by atoms with Gasteiger partial charge in [0.2, 0.25) is 0 Å². The van der Waals surface area contributed by atoms with Gasteiger partial charge in [-0.25, -0.2) is 4.98 Å². The molecule has 0 radical (unpaired) electrons. The minimum absolute atomic E-state index is 0.0609. The van der Waals surface area contributed by atoms with Crippen LogP contribution in [-0.2, 0) is 11.3 Å². The van der Waals surface area contributed by atoms with Crippen molar-refractivity contribution in [2.75, 3.05) is 19.0 Å². The van der Waals surface area contributed by atoms with Crippen molar-refractivity contribution in [3.8, 4) is 11.5 Å². The average Bonchev–Trinajstić information content (AvgIpc) is 3.03. The number of benzene rings is 2. The molecule has 0 aliphatic rings. The summed E-state index contributed by atoms with van der Waals surface area (Å²) >= 11 is 0. The van der Waals surface area contributed by atoms with E-state index in [4.69, 9.17) is 9.47 Å². The molecule has 1 amide bonds. The minimum atomic E-state index is -0.219. The van der Waals surface area contributed by atoms with Gasteiger partial charge in [0.1, 0.15) is 11.5 Å². The van der Waals surface area contributed by atoms with Gasteiger partial charge < -0.3 is 19.4 Å². The molecule has 3 rings (SSSR count). The van der Waals surface area contributed by atoms with Gasteiger partial charge in [-0.05, 0) is 48.9 Å². The summed E-state index contributed by atoms with van der Waals surface area (Å²) in [4.78, 5) is 16.4. The van der Waals surface area contributed by atoms with E-state index in [1.165, 1.54) is 0 Å². The van der Waals surface area contributed by atoms with Crippen molar-refractivity contribution in [1.82, 2.24) is 9.55 Å². The van der Waals surface area contributed by atoms with Gasteiger partial charge in [-0.2, -0.15) is 0 Å². The summed E-state index contributed by atoms with van der Waals surface area (Å²) in [7, 11) is 1.60. The molecule has 1 heterocycles. The van der Waals surface area contributed by atoms with Crippen LogP contribution in [0.25, 0.3) is 11.0 Å². The van der Waals surface area contributed by atoms with Crippen molar-refractivity contribution in [3.63, 3.8) is 0 Å². The van der Waals surface area contributed by atoms with Crippen LogP contribution in [0.5, 0.6) is 11.5 Å². The van der Waals surface area contributed by atoms with E-state index in [-0.39, 0.29) is 12.5 Å². The zero-order chi connectivity index (χ0) is 17.6. The molecule has 0 unspecified atom stereocenters. The first-order valence-corrected chi connectivity index (χ1v) is 8.21. The van der Waals surface area contributed by atoms with Crippen LogP contribution in [0.15, 0.2) is 48.8 Å². The molecule has 25 heavy (non-hydrogen) atoms. The summed E-state index contributed by atoms with van der Waals surface area (Å²) in [5.74, 6) is 1.14. The second-order valence-corrected chi connectivity index (χ2v) is 5.65. The normalized spacial score (nSPS) is 10.6. The average molecular weight is 339 g/mol. The highest BCUT2D eigenvalue weighted by molar-refractivity contribution is 5.94. The molecule has 0 aliphatic carbocycles. The number of aryl methyl sites for hydroxylation is 1. The number of carbonyl (C=O) groups excluding carboxylic acids is 1. The maximum absolute atomic E-state index is 12.1. The number of methoxy groups -OCH3 is 1. The Hall–Kier alpha value is -3.02. The predicted octanol–water partition coefficient (Wildman–Crippen LogP) is 3.47. The lowest BCUT2D eigenvalue weighted by atomic mass is 10.2. The number of ether oxygens (including phenoxy) is 2. The SMILES string of the molecule is CCCn1cnc2cc(NC(=O)COc3ccc(OC)cc3)ccc21. The largest absolute Gasteiger partial charge is 0.497 e. The number of amides is 1. The molecule has 1 N–H and O–H groups in total. The quantitative estimate of drug-likeness (QED) is 0.716. The molecule has 0 aliphatic heterocycles. The van der Waals surface area contributed by atoms with Gasteiger partial charge in [0.15, 0.2) is 6.61 Å². The highest BCUT2D eigenvalue weighted by Crippen LogP contribution is 2.19. The smallest absolute Gasteiger partial charge is 0.262 e. The summed E-state index contributed by atoms with van der Waals surface area (Å²) < 4.78 is 12.7. The van der Waals surface area contributed by atoms with Crippen LogP contribution >= 0.6 is 0 Å². The number of nitrogens with zero attached hydrogens (tertiary/aromatic N) is 2. The number of carbonyl (C=O) groups is 1. The zero-order valence-corrected chi connectivity index (χ0v) is 14.4. The Bertz CT molecular complexity index is 856. The van der Waals surface area contributed by atoms with Crippen LogP contribution in [0.4, 0.5) is 5.69 Å². The van der Waals surface area contributed by atoms with Crippen molar-refractivity contribution in [2.24, 2.45) is 0 Å². The Balaban J connectivity index is 1.59. The van der Waals surface area contributed by atoms with E-state index >= 15 is 0 Å². The lowest BCUT2D eigenvalue weighted by Gasteiger charge is -2.08. The predicted molar refractivity (Wildman–Crippen MR) is 97.1 cm³/mol. The molecule has 6 heteroatoms. The highest BCUT2D eigenvalue weighted by Gasteiger charge is 2.07. The number of aromatic nitrogens is 2. The molecular weight excluding hydrogens is 318 g/mol. The van der Waals surface area contributed by atoms with Crippen LogP contribution in [-0.4, -0.2) is 29.2 Å². The van der Waals surface area contributed by atoms with Crippen LogP contribution < -0.4 is 14.8 Å². The lowest BCUT2D eigenvalue weighted by Crippen LogP contribution is -2.20. The second kappa shape index (κ2) is 7.70. The molecule has 0 saturated heterocycles. The topological polar surface area (TPSA) is 65.4 Å². The second-order valence-electron chi connectivity index (χ2n) is 5.65. The fraction of sp³-hybridized carbons (Fsp3) is 0.263. The number of anilines is 1. The summed E-state index contributed by atoms with van der Waals surface area (Å²) in [6.45, 7) is 3.00. The first-order chi connectivity index (χ1) is 12.2. The molecule has 6 nitrogen and oxygen atoms in total. The third-order valence-corrected chi connectivity index (χ3v) is 3.80. The van der Waals surface area contributed by atoms with Gasteiger partial charge in [0.05, 0.1) is 24.5 Å². The van der Waals surface area contributed by atoms with E-state index in [1.54, 1.807) is 31.4 Å². The number of hydrogen-bond donors (Lipinski definition) is 1. The molecule has 0 fully saturated rings. The first-order valence-electron chi connectivity index (χ1n) is 8.21. The van der Waals surface area contributed by atoms with E-state index < -0.39 is 0 Å². The minimum Gasteiger partial charge on any atom is -0.497 e. The fourth-order valence-corrected chi connectivity index (χ4v) is 2.58. The van der Waals surface area contributed by atoms with Crippen molar-refractivity contribution < 1.29 is 14.3 Å². The van der Waals surface area contributed by atoms with Gasteiger partial charge in [-0.1, -0.05) is 6.92 Å². The van der Waals surface area contributed by atoms with E-state index in [9.17, 15) is 4.79 Å². The summed E-state index contributed by atoms with van der Waals surface area (Å²) in [6, 6.07) is 12.8. The zero-order valence-electron chi connectivity index (χ0n) is 14.4. The number of imidazole rings is 1. The molecule has 130 valence electrons. The standard InChI is InChI=1S/C19H21N3O3/c1-3-10-22-13-20-17-11-14(4-9-18(17)22)21-19(23)12-25-16-7-5-15(24-2)6-8-16/h4-9,11,13H,3,10,12H2,1-2H3,(H,21,23). The van der Waals surface area contributed by atoms with Gasteiger partial charge in [-0.3, -0.25) is 4.79 Å². The Morgan fingerprint density at radius 3 is 2.64 bits per heavy atom. The Morgan fingerprint density at radius 2 is 1.92 bits per heavy atom. The Kier molecular flexibility index (Phi) is 5.18. The monoisotopic (exact) mass is 339 g/mol. The van der Waals surface area contributed by atoms with Gasteiger partial charge in [-0.15, -0.1) is 0 Å². The van der Waals surface area contributed by atoms with Crippen molar-refractivity contribution in [1.29, 1.82) is 0 Å². The maximum atomic E-state index is 12.1. The van der Waals surface area contributed by atoms with Gasteiger partial charge >= 0.3 is 0 Å². The van der Waals surface area contributed by atoms with Crippen LogP contribution in [0, 0.1) is 0 Å². The lowest BCUT2D eigenvalue weighted by molar-refractivity contribution is -0.118. The molecule has 2 aromatic carbocycles. The summed E-state index contributed by atoms with van der Waals surface area (Å²) in [6.07, 6.45) is 2.87. The molecule has 0 atom stereocenters. The van der Waals surface area contributed by atoms with Gasteiger partial charge in [0, 0.05) is 12.2 Å². The van der Waals surface area contributed by atoms with Crippen molar-refractivity contribution in [3.05, 3.63) is 48.8 Å². The van der Waals surface area contributed by atoms with Crippen LogP contribution in [0.1, 0.15) is 13.3 Å². The maximum Gasteiger partial charge on any atom is 0.262 e. The van der Waals surface area contributed by atoms with Crippen molar-refractivity contribution in [2.45, 2.75) is 19.9 Å². The van der Waals surface area contributed by atoms with E-state index in [2.05, 4.69) is 21.8 Å². The summed E-state index contributed by atoms with van der Waals surface area (Å²) in [5.41, 5.74) is 2.63. The van der Waals surface area contributed by atoms with E-state index in [1.807, 2.05) is 24.5 Å². The molecule has 0 saturated carbocycles. The third kappa shape index (κ3) is 4.09.